The van der Waals surface area contributed by atoms with Crippen molar-refractivity contribution in [3.63, 3.8) is 0 Å². The van der Waals surface area contributed by atoms with Crippen LogP contribution in [0.4, 0.5) is 5.82 Å². The van der Waals surface area contributed by atoms with Crippen molar-refractivity contribution in [1.29, 1.82) is 0 Å². The second-order valence-corrected chi connectivity index (χ2v) is 11.2. The maximum atomic E-state index is 10.1. The normalized spacial score (nSPS) is 20.7. The number of likely N-dealkylation sites (tertiary alicyclic amines) is 1. The molecule has 1 N–H and O–H groups in total. The third-order valence-electron chi connectivity index (χ3n) is 7.52. The summed E-state index contributed by atoms with van der Waals surface area (Å²) >= 11 is 12.2. The molecule has 2 saturated heterocycles. The fraction of sp³-hybridized carbons (Fsp3) is 0.533. The Labute approximate surface area is 254 Å². The molecular formula is C30H43Cl2N7O2. The second kappa shape index (κ2) is 16.1. The number of nitrogens with zero attached hydrogens (tertiary/aromatic N) is 6. The van der Waals surface area contributed by atoms with Crippen molar-refractivity contribution in [3.05, 3.63) is 64.4 Å². The van der Waals surface area contributed by atoms with Gasteiger partial charge in [0.15, 0.2) is 16.9 Å². The average molecular weight is 605 g/mol. The molecule has 9 nitrogen and oxygen atoms in total. The van der Waals surface area contributed by atoms with Crippen LogP contribution in [0.25, 0.3) is 0 Å². The van der Waals surface area contributed by atoms with Crippen LogP contribution in [-0.4, -0.2) is 96.9 Å². The van der Waals surface area contributed by atoms with Gasteiger partial charge in [-0.2, -0.15) is 0 Å². The van der Waals surface area contributed by atoms with E-state index >= 15 is 0 Å². The van der Waals surface area contributed by atoms with Gasteiger partial charge in [0.05, 0.1) is 6.20 Å². The van der Waals surface area contributed by atoms with E-state index in [1.54, 1.807) is 37.5 Å². The zero-order valence-electron chi connectivity index (χ0n) is 24.8. The van der Waals surface area contributed by atoms with Crippen molar-refractivity contribution in [2.45, 2.75) is 58.2 Å². The van der Waals surface area contributed by atoms with Crippen LogP contribution in [0.2, 0.25) is 10.2 Å². The van der Waals surface area contributed by atoms with Crippen LogP contribution in [0.5, 0.6) is 0 Å². The number of anilines is 1. The van der Waals surface area contributed by atoms with Gasteiger partial charge in [-0.3, -0.25) is 14.7 Å². The number of aliphatic imine (C=N–C) groups is 1. The minimum absolute atomic E-state index is 0.305. The number of benzene rings is 1. The standard InChI is InChI=1S/C23H38ClN7O.C7H5ClO/c1-7-18-15-30(16(3)14-31(18)19-9-11-29(6)12-10-19)22-21(24)28-20(13-27-22)23(25-5)32-17(4)26-8-2;8-7-3-1-6(5-9)2-4-7/h13,16,18-19,26H,4,7-12,14-15H2,1-3,5-6H3;1-5H/t16-,18?;/m1./s1. The van der Waals surface area contributed by atoms with Crippen LogP contribution in [0.3, 0.4) is 0 Å². The Kier molecular flexibility index (Phi) is 12.8. The Bertz CT molecular complexity index is 1170. The molecule has 1 unspecified atom stereocenters. The van der Waals surface area contributed by atoms with Crippen molar-refractivity contribution < 1.29 is 9.53 Å². The minimum atomic E-state index is 0.305. The molecule has 3 heterocycles. The van der Waals surface area contributed by atoms with E-state index in [1.165, 1.54) is 25.9 Å². The van der Waals surface area contributed by atoms with Crippen molar-refractivity contribution in [3.8, 4) is 0 Å². The van der Waals surface area contributed by atoms with Crippen molar-refractivity contribution in [2.24, 2.45) is 4.99 Å². The van der Waals surface area contributed by atoms with Crippen molar-refractivity contribution >= 4 is 41.2 Å². The molecule has 0 aliphatic carbocycles. The zero-order chi connectivity index (χ0) is 29.9. The quantitative estimate of drug-likeness (QED) is 0.192. The number of carbonyl (C=O) groups is 1. The van der Waals surface area contributed by atoms with Gasteiger partial charge in [-0.15, -0.1) is 0 Å². The molecule has 1 aromatic heterocycles. The molecule has 0 spiro atoms. The van der Waals surface area contributed by atoms with E-state index in [4.69, 9.17) is 27.9 Å². The highest BCUT2D eigenvalue weighted by Gasteiger charge is 2.37. The van der Waals surface area contributed by atoms with Crippen LogP contribution < -0.4 is 10.2 Å². The summed E-state index contributed by atoms with van der Waals surface area (Å²) in [6.45, 7) is 15.3. The van der Waals surface area contributed by atoms with Gasteiger partial charge in [0.1, 0.15) is 12.0 Å². The molecule has 4 rings (SSSR count). The van der Waals surface area contributed by atoms with Crippen molar-refractivity contribution in [2.75, 3.05) is 51.7 Å². The number of piperidine rings is 1. The van der Waals surface area contributed by atoms with Gasteiger partial charge >= 0.3 is 0 Å². The number of nitrogens with one attached hydrogen (secondary N) is 1. The predicted molar refractivity (Wildman–Crippen MR) is 168 cm³/mol. The molecule has 1 aromatic carbocycles. The van der Waals surface area contributed by atoms with Gasteiger partial charge in [0, 0.05) is 55.4 Å². The first-order chi connectivity index (χ1) is 19.7. The third-order valence-corrected chi connectivity index (χ3v) is 8.02. The number of aldehydes is 1. The van der Waals surface area contributed by atoms with E-state index < -0.39 is 0 Å². The topological polar surface area (TPSA) is 86.2 Å². The number of rotatable bonds is 8. The van der Waals surface area contributed by atoms with Gasteiger partial charge in [-0.25, -0.2) is 9.97 Å². The summed E-state index contributed by atoms with van der Waals surface area (Å²) in [5.74, 6) is 1.48. The van der Waals surface area contributed by atoms with Crippen LogP contribution in [-0.2, 0) is 4.74 Å². The van der Waals surface area contributed by atoms with E-state index in [0.29, 0.717) is 57.9 Å². The summed E-state index contributed by atoms with van der Waals surface area (Å²) in [5, 5.41) is 4.04. The van der Waals surface area contributed by atoms with Gasteiger partial charge in [0.2, 0.25) is 5.90 Å². The van der Waals surface area contributed by atoms with Gasteiger partial charge in [-0.1, -0.05) is 42.3 Å². The van der Waals surface area contributed by atoms with Crippen LogP contribution in [0.15, 0.2) is 47.9 Å². The molecular weight excluding hydrogens is 561 g/mol. The Balaban J connectivity index is 0.000000436. The molecule has 0 bridgehead atoms. The molecule has 2 aliphatic rings. The first kappa shape index (κ1) is 32.8. The van der Waals surface area contributed by atoms with E-state index in [-0.39, 0.29) is 0 Å². The number of hydrogen-bond donors (Lipinski definition) is 1. The van der Waals surface area contributed by atoms with Gasteiger partial charge < -0.3 is 19.9 Å². The SMILES string of the molecule is C=C(NCC)OC(=NC)c1cnc(N2CC(CC)N(C3CCN(C)CC3)C[C@H]2C)c(Cl)n1.O=Cc1ccc(Cl)cc1. The lowest BCUT2D eigenvalue weighted by Crippen LogP contribution is -2.61. The number of carbonyl (C=O) groups excluding carboxylic acids is 1. The molecule has 41 heavy (non-hydrogen) atoms. The van der Waals surface area contributed by atoms with E-state index in [0.717, 1.165) is 31.6 Å². The van der Waals surface area contributed by atoms with Crippen LogP contribution in [0.1, 0.15) is 56.1 Å². The summed E-state index contributed by atoms with van der Waals surface area (Å²) in [6, 6.07) is 8.17. The predicted octanol–water partition coefficient (Wildman–Crippen LogP) is 5.14. The lowest BCUT2D eigenvalue weighted by Gasteiger charge is -2.50. The third kappa shape index (κ3) is 9.13. The molecule has 0 saturated carbocycles. The molecule has 0 amide bonds. The Morgan fingerprint density at radius 3 is 2.44 bits per heavy atom. The van der Waals surface area contributed by atoms with Crippen LogP contribution in [0, 0.1) is 0 Å². The fourth-order valence-electron chi connectivity index (χ4n) is 5.26. The fourth-order valence-corrected chi connectivity index (χ4v) is 5.63. The highest BCUT2D eigenvalue weighted by atomic mass is 35.5. The van der Waals surface area contributed by atoms with Crippen LogP contribution >= 0.6 is 23.2 Å². The smallest absolute Gasteiger partial charge is 0.243 e. The van der Waals surface area contributed by atoms with Gasteiger partial charge in [0.25, 0.3) is 0 Å². The second-order valence-electron chi connectivity index (χ2n) is 10.4. The van der Waals surface area contributed by atoms with Crippen molar-refractivity contribution in [1.82, 2.24) is 25.1 Å². The highest BCUT2D eigenvalue weighted by molar-refractivity contribution is 6.32. The largest absolute Gasteiger partial charge is 0.422 e. The maximum Gasteiger partial charge on any atom is 0.243 e. The molecule has 2 aromatic rings. The Morgan fingerprint density at radius 2 is 1.88 bits per heavy atom. The first-order valence-corrected chi connectivity index (χ1v) is 15.0. The Hall–Kier alpha value is -2.72. The molecule has 224 valence electrons. The molecule has 11 heteroatoms. The lowest BCUT2D eigenvalue weighted by molar-refractivity contribution is 0.0584. The number of aromatic nitrogens is 2. The molecule has 2 fully saturated rings. The van der Waals surface area contributed by atoms with E-state index in [9.17, 15) is 4.79 Å². The highest BCUT2D eigenvalue weighted by Crippen LogP contribution is 2.31. The molecule has 0 radical (unpaired) electrons. The van der Waals surface area contributed by atoms with Gasteiger partial charge in [-0.05, 0) is 72.0 Å². The number of halogens is 2. The maximum absolute atomic E-state index is 10.1. The minimum Gasteiger partial charge on any atom is -0.422 e. The summed E-state index contributed by atoms with van der Waals surface area (Å²) < 4.78 is 5.67. The molecule has 2 atom stereocenters. The number of piperazine rings is 1. The first-order valence-electron chi connectivity index (χ1n) is 14.2. The Morgan fingerprint density at radius 1 is 1.20 bits per heavy atom. The van der Waals surface area contributed by atoms with E-state index in [1.807, 2.05) is 6.92 Å². The monoisotopic (exact) mass is 603 g/mol. The summed E-state index contributed by atoms with van der Waals surface area (Å²) in [4.78, 5) is 31.0. The number of ether oxygens (including phenoxy) is 1. The van der Waals surface area contributed by atoms with E-state index in [2.05, 4.69) is 62.5 Å². The summed E-state index contributed by atoms with van der Waals surface area (Å²) in [6.07, 6.45) is 6.06. The average Bonchev–Trinajstić information content (AvgIpc) is 2.97. The summed E-state index contributed by atoms with van der Waals surface area (Å²) in [5.41, 5.74) is 1.14. The number of hydrogen-bond acceptors (Lipinski definition) is 9. The lowest BCUT2D eigenvalue weighted by atomic mass is 9.96. The summed E-state index contributed by atoms with van der Waals surface area (Å²) in [7, 11) is 3.86. The molecule has 2 aliphatic heterocycles. The zero-order valence-corrected chi connectivity index (χ0v) is 26.3.